The molecule has 0 spiro atoms. The maximum absolute atomic E-state index is 10.3. The number of carboxylic acids is 1. The minimum Gasteiger partial charge on any atom is -0.481 e. The lowest BCUT2D eigenvalue weighted by atomic mass is 10.1. The third kappa shape index (κ3) is 10.5. The molecule has 2 atom stereocenters. The molecule has 1 rings (SSSR count). The van der Waals surface area contributed by atoms with Crippen molar-refractivity contribution in [1.29, 1.82) is 0 Å². The van der Waals surface area contributed by atoms with Gasteiger partial charge in [0.25, 0.3) is 0 Å². The van der Waals surface area contributed by atoms with E-state index in [1.807, 2.05) is 0 Å². The monoisotopic (exact) mass is 296 g/mol. The van der Waals surface area contributed by atoms with Gasteiger partial charge in [-0.3, -0.25) is 4.79 Å². The van der Waals surface area contributed by atoms with Crippen LogP contribution in [-0.2, 0) is 9.53 Å². The summed E-state index contributed by atoms with van der Waals surface area (Å²) in [6, 6.07) is 0. The van der Waals surface area contributed by atoms with E-state index in [1.165, 1.54) is 44.9 Å². The summed E-state index contributed by atoms with van der Waals surface area (Å²) >= 11 is 0. The van der Waals surface area contributed by atoms with E-state index in [1.54, 1.807) is 0 Å². The van der Waals surface area contributed by atoms with Gasteiger partial charge < -0.3 is 9.84 Å². The molecule has 1 heterocycles. The number of rotatable bonds is 14. The molecule has 0 amide bonds. The molecule has 1 aliphatic heterocycles. The molecule has 0 aromatic rings. The molecule has 0 aromatic carbocycles. The molecule has 3 heteroatoms. The lowest BCUT2D eigenvalue weighted by Crippen LogP contribution is -1.93. The Kier molecular flexibility index (Phi) is 10.2. The normalized spacial score (nSPS) is 21.0. The maximum atomic E-state index is 10.3. The van der Waals surface area contributed by atoms with E-state index in [0.29, 0.717) is 18.6 Å². The van der Waals surface area contributed by atoms with Gasteiger partial charge in [0.15, 0.2) is 0 Å². The molecule has 0 aromatic heterocycles. The molecule has 0 bridgehead atoms. The van der Waals surface area contributed by atoms with Gasteiger partial charge in [0.1, 0.15) is 6.10 Å². The Morgan fingerprint density at radius 2 is 1.76 bits per heavy atom. The predicted octanol–water partition coefficient (Wildman–Crippen LogP) is 5.10. The van der Waals surface area contributed by atoms with E-state index in [-0.39, 0.29) is 0 Å². The highest BCUT2D eigenvalue weighted by molar-refractivity contribution is 5.66. The van der Waals surface area contributed by atoms with Crippen molar-refractivity contribution >= 4 is 5.97 Å². The molecule has 1 N–H and O–H groups in total. The molecular formula is C18H32O3. The maximum Gasteiger partial charge on any atom is 0.303 e. The van der Waals surface area contributed by atoms with Gasteiger partial charge in [-0.1, -0.05) is 64.0 Å². The SMILES string of the molecule is CCCCCCC1OC1C=CCCCCCCCC(=O)O. The highest BCUT2D eigenvalue weighted by atomic mass is 16.6. The molecule has 0 saturated carbocycles. The number of aliphatic carboxylic acids is 1. The van der Waals surface area contributed by atoms with Crippen LogP contribution in [0.1, 0.15) is 84.0 Å². The van der Waals surface area contributed by atoms with Gasteiger partial charge in [-0.05, 0) is 25.7 Å². The lowest BCUT2D eigenvalue weighted by molar-refractivity contribution is -0.137. The third-order valence-corrected chi connectivity index (χ3v) is 4.05. The van der Waals surface area contributed by atoms with Crippen molar-refractivity contribution in [1.82, 2.24) is 0 Å². The summed E-state index contributed by atoms with van der Waals surface area (Å²) < 4.78 is 5.64. The van der Waals surface area contributed by atoms with Gasteiger partial charge in [0.05, 0.1) is 6.10 Å². The first-order valence-corrected chi connectivity index (χ1v) is 8.78. The topological polar surface area (TPSA) is 49.8 Å². The average molecular weight is 296 g/mol. The smallest absolute Gasteiger partial charge is 0.303 e. The number of unbranched alkanes of at least 4 members (excludes halogenated alkanes) is 8. The Labute approximate surface area is 129 Å². The fourth-order valence-corrected chi connectivity index (χ4v) is 2.63. The molecule has 1 fully saturated rings. The second-order valence-corrected chi connectivity index (χ2v) is 6.12. The highest BCUT2D eigenvalue weighted by Crippen LogP contribution is 2.28. The van der Waals surface area contributed by atoms with E-state index in [2.05, 4.69) is 19.1 Å². The number of epoxide rings is 1. The highest BCUT2D eigenvalue weighted by Gasteiger charge is 2.35. The van der Waals surface area contributed by atoms with Crippen LogP contribution >= 0.6 is 0 Å². The van der Waals surface area contributed by atoms with E-state index in [9.17, 15) is 4.79 Å². The molecule has 1 saturated heterocycles. The van der Waals surface area contributed by atoms with Gasteiger partial charge in [0, 0.05) is 6.42 Å². The number of hydrogen-bond donors (Lipinski definition) is 1. The number of ether oxygens (including phenoxy) is 1. The van der Waals surface area contributed by atoms with Gasteiger partial charge in [-0.15, -0.1) is 0 Å². The Balaban J connectivity index is 1.82. The molecule has 3 nitrogen and oxygen atoms in total. The molecule has 0 radical (unpaired) electrons. The van der Waals surface area contributed by atoms with Crippen LogP contribution in [0.2, 0.25) is 0 Å². The predicted molar refractivity (Wildman–Crippen MR) is 86.5 cm³/mol. The minimum atomic E-state index is -0.674. The summed E-state index contributed by atoms with van der Waals surface area (Å²) in [5.74, 6) is -0.674. The Hall–Kier alpha value is -0.830. The molecule has 2 unspecified atom stereocenters. The number of carbonyl (C=O) groups is 1. The van der Waals surface area contributed by atoms with Crippen molar-refractivity contribution in [2.75, 3.05) is 0 Å². The van der Waals surface area contributed by atoms with Crippen molar-refractivity contribution in [3.8, 4) is 0 Å². The van der Waals surface area contributed by atoms with Crippen molar-refractivity contribution in [3.05, 3.63) is 12.2 Å². The van der Waals surface area contributed by atoms with Crippen molar-refractivity contribution in [2.45, 2.75) is 96.2 Å². The van der Waals surface area contributed by atoms with Crippen molar-refractivity contribution < 1.29 is 14.6 Å². The molecule has 21 heavy (non-hydrogen) atoms. The van der Waals surface area contributed by atoms with Gasteiger partial charge in [-0.25, -0.2) is 0 Å². The summed E-state index contributed by atoms with van der Waals surface area (Å²) in [7, 11) is 0. The number of allylic oxidation sites excluding steroid dienone is 1. The summed E-state index contributed by atoms with van der Waals surface area (Å²) in [6.07, 6.45) is 18.8. The Bertz CT molecular complexity index is 299. The van der Waals surface area contributed by atoms with Gasteiger partial charge in [-0.2, -0.15) is 0 Å². The van der Waals surface area contributed by atoms with Crippen LogP contribution in [0.4, 0.5) is 0 Å². The third-order valence-electron chi connectivity index (χ3n) is 4.05. The van der Waals surface area contributed by atoms with E-state index in [4.69, 9.17) is 9.84 Å². The molecule has 0 aliphatic carbocycles. The summed E-state index contributed by atoms with van der Waals surface area (Å²) in [5, 5.41) is 8.53. The van der Waals surface area contributed by atoms with Crippen LogP contribution in [-0.4, -0.2) is 23.3 Å². The first kappa shape index (κ1) is 18.2. The summed E-state index contributed by atoms with van der Waals surface area (Å²) in [6.45, 7) is 2.24. The quantitative estimate of drug-likeness (QED) is 0.276. The zero-order valence-corrected chi connectivity index (χ0v) is 13.6. The average Bonchev–Trinajstić information content (AvgIpc) is 3.20. The van der Waals surface area contributed by atoms with Crippen LogP contribution < -0.4 is 0 Å². The van der Waals surface area contributed by atoms with Crippen LogP contribution in [0.15, 0.2) is 12.2 Å². The van der Waals surface area contributed by atoms with Crippen LogP contribution in [0.5, 0.6) is 0 Å². The first-order chi connectivity index (χ1) is 10.2. The minimum absolute atomic E-state index is 0.318. The van der Waals surface area contributed by atoms with Crippen molar-refractivity contribution in [3.63, 3.8) is 0 Å². The lowest BCUT2D eigenvalue weighted by Gasteiger charge is -1.98. The van der Waals surface area contributed by atoms with Gasteiger partial charge in [0.2, 0.25) is 0 Å². The first-order valence-electron chi connectivity index (χ1n) is 8.78. The van der Waals surface area contributed by atoms with Crippen LogP contribution in [0.25, 0.3) is 0 Å². The molecular weight excluding hydrogens is 264 g/mol. The molecule has 1 aliphatic rings. The van der Waals surface area contributed by atoms with Crippen LogP contribution in [0.3, 0.4) is 0 Å². The largest absolute Gasteiger partial charge is 0.481 e. The standard InChI is InChI=1S/C18H32O3/c1-2-3-4-10-13-16-17(21-16)14-11-8-6-5-7-9-12-15-18(19)20/h11,14,16-17H,2-10,12-13,15H2,1H3,(H,19,20). The van der Waals surface area contributed by atoms with E-state index in [0.717, 1.165) is 25.7 Å². The van der Waals surface area contributed by atoms with Gasteiger partial charge >= 0.3 is 5.97 Å². The van der Waals surface area contributed by atoms with Crippen LogP contribution in [0, 0.1) is 0 Å². The zero-order chi connectivity index (χ0) is 15.3. The number of carboxylic acid groups (broad SMARTS) is 1. The fourth-order valence-electron chi connectivity index (χ4n) is 2.63. The second kappa shape index (κ2) is 11.8. The van der Waals surface area contributed by atoms with E-state index < -0.39 is 5.97 Å². The van der Waals surface area contributed by atoms with Crippen molar-refractivity contribution in [2.24, 2.45) is 0 Å². The fraction of sp³-hybridized carbons (Fsp3) is 0.833. The Morgan fingerprint density at radius 1 is 1.05 bits per heavy atom. The zero-order valence-electron chi connectivity index (χ0n) is 13.6. The number of hydrogen-bond acceptors (Lipinski definition) is 2. The summed E-state index contributed by atoms with van der Waals surface area (Å²) in [5.41, 5.74) is 0. The summed E-state index contributed by atoms with van der Waals surface area (Å²) in [4.78, 5) is 10.3. The second-order valence-electron chi connectivity index (χ2n) is 6.12. The molecule has 122 valence electrons. The Morgan fingerprint density at radius 3 is 2.52 bits per heavy atom. The van der Waals surface area contributed by atoms with E-state index >= 15 is 0 Å².